The van der Waals surface area contributed by atoms with Crippen LogP contribution in [0.25, 0.3) is 10.8 Å². The van der Waals surface area contributed by atoms with E-state index in [0.717, 1.165) is 6.42 Å². The summed E-state index contributed by atoms with van der Waals surface area (Å²) >= 11 is 0. The first-order valence-electron chi connectivity index (χ1n) is 6.41. The molecule has 1 aliphatic rings. The van der Waals surface area contributed by atoms with Crippen molar-refractivity contribution in [3.63, 3.8) is 0 Å². The molecule has 0 radical (unpaired) electrons. The lowest BCUT2D eigenvalue weighted by molar-refractivity contribution is 0.381. The van der Waals surface area contributed by atoms with Gasteiger partial charge in [0.25, 0.3) is 0 Å². The molecule has 0 spiro atoms. The zero-order valence-corrected chi connectivity index (χ0v) is 12.6. The van der Waals surface area contributed by atoms with E-state index in [1.165, 1.54) is 21.9 Å². The molecule has 0 bridgehead atoms. The Bertz CT molecular complexity index is 786. The second-order valence-corrected chi connectivity index (χ2v) is 6.45. The molecular weight excluding hydrogens is 290 g/mol. The van der Waals surface area contributed by atoms with Crippen molar-refractivity contribution >= 4 is 27.4 Å². The standard InChI is InChI=1S/C15H15N.H2O4S/c1-15(2)9-14-12(10-16-15)8-7-11-5-3-4-6-13(11)14;1-5(2,3)4/h3-8,10H,9H2,1-2H3;(H2,1,2,3,4). The Morgan fingerprint density at radius 1 is 1.10 bits per heavy atom. The smallest absolute Gasteiger partial charge is 0.286 e. The van der Waals surface area contributed by atoms with E-state index in [9.17, 15) is 0 Å². The maximum atomic E-state index is 8.74. The van der Waals surface area contributed by atoms with Crippen LogP contribution in [-0.4, -0.2) is 29.3 Å². The third-order valence-electron chi connectivity index (χ3n) is 3.24. The Balaban J connectivity index is 0.000000282. The molecule has 0 saturated carbocycles. The number of hydrogen-bond donors (Lipinski definition) is 2. The molecule has 1 aliphatic heterocycles. The fourth-order valence-electron chi connectivity index (χ4n) is 2.39. The van der Waals surface area contributed by atoms with Crippen LogP contribution in [-0.2, 0) is 16.8 Å². The molecule has 0 fully saturated rings. The van der Waals surface area contributed by atoms with Gasteiger partial charge in [-0.2, -0.15) is 8.42 Å². The van der Waals surface area contributed by atoms with Crippen molar-refractivity contribution in [1.29, 1.82) is 0 Å². The third-order valence-corrected chi connectivity index (χ3v) is 3.24. The molecule has 21 heavy (non-hydrogen) atoms. The van der Waals surface area contributed by atoms with Gasteiger partial charge in [0.2, 0.25) is 0 Å². The van der Waals surface area contributed by atoms with Crippen molar-refractivity contribution in [3.05, 3.63) is 47.5 Å². The minimum Gasteiger partial charge on any atom is -0.286 e. The fraction of sp³-hybridized carbons (Fsp3) is 0.267. The van der Waals surface area contributed by atoms with Crippen molar-refractivity contribution in [3.8, 4) is 0 Å². The van der Waals surface area contributed by atoms with Crippen LogP contribution >= 0.6 is 0 Å². The van der Waals surface area contributed by atoms with E-state index < -0.39 is 10.4 Å². The molecule has 0 aromatic heterocycles. The summed E-state index contributed by atoms with van der Waals surface area (Å²) in [5.74, 6) is 0. The topological polar surface area (TPSA) is 87.0 Å². The molecule has 2 aromatic rings. The molecule has 0 saturated heterocycles. The molecule has 0 amide bonds. The molecule has 0 unspecified atom stereocenters. The van der Waals surface area contributed by atoms with E-state index in [-0.39, 0.29) is 5.54 Å². The number of aliphatic imine (C=N–C) groups is 1. The van der Waals surface area contributed by atoms with Gasteiger partial charge in [-0.05, 0) is 42.2 Å². The third kappa shape index (κ3) is 4.35. The average Bonchev–Trinajstić information content (AvgIpc) is 2.35. The first-order chi connectivity index (χ1) is 9.66. The Hall–Kier alpha value is -1.76. The summed E-state index contributed by atoms with van der Waals surface area (Å²) in [4.78, 5) is 4.58. The fourth-order valence-corrected chi connectivity index (χ4v) is 2.39. The second-order valence-electron chi connectivity index (χ2n) is 5.55. The Labute approximate surface area is 123 Å². The minimum absolute atomic E-state index is 0.0388. The zero-order chi connectivity index (χ0) is 15.7. The molecule has 2 aromatic carbocycles. The van der Waals surface area contributed by atoms with Crippen molar-refractivity contribution in [2.75, 3.05) is 0 Å². The van der Waals surface area contributed by atoms with Crippen LogP contribution in [0, 0.1) is 0 Å². The van der Waals surface area contributed by atoms with Gasteiger partial charge in [0, 0.05) is 6.21 Å². The lowest BCUT2D eigenvalue weighted by Gasteiger charge is -2.26. The van der Waals surface area contributed by atoms with E-state index in [1.807, 2.05) is 6.21 Å². The van der Waals surface area contributed by atoms with E-state index in [0.29, 0.717) is 0 Å². The van der Waals surface area contributed by atoms with E-state index in [1.54, 1.807) is 0 Å². The highest BCUT2D eigenvalue weighted by atomic mass is 32.3. The lowest BCUT2D eigenvalue weighted by atomic mass is 9.86. The van der Waals surface area contributed by atoms with Gasteiger partial charge < -0.3 is 0 Å². The van der Waals surface area contributed by atoms with Crippen LogP contribution in [0.15, 0.2) is 41.4 Å². The summed E-state index contributed by atoms with van der Waals surface area (Å²) in [6, 6.07) is 12.9. The minimum atomic E-state index is -4.67. The highest BCUT2D eigenvalue weighted by Gasteiger charge is 2.22. The molecule has 0 atom stereocenters. The zero-order valence-electron chi connectivity index (χ0n) is 11.8. The van der Waals surface area contributed by atoms with Gasteiger partial charge in [-0.25, -0.2) is 0 Å². The van der Waals surface area contributed by atoms with E-state index in [2.05, 4.69) is 55.2 Å². The van der Waals surface area contributed by atoms with Crippen molar-refractivity contribution in [1.82, 2.24) is 0 Å². The first-order valence-corrected chi connectivity index (χ1v) is 7.81. The van der Waals surface area contributed by atoms with Crippen LogP contribution in [0.4, 0.5) is 0 Å². The number of rotatable bonds is 0. The highest BCUT2D eigenvalue weighted by Crippen LogP contribution is 2.29. The molecule has 5 nitrogen and oxygen atoms in total. The predicted molar refractivity (Wildman–Crippen MR) is 83.5 cm³/mol. The number of fused-ring (bicyclic) bond motifs is 3. The van der Waals surface area contributed by atoms with Crippen LogP contribution in [0.3, 0.4) is 0 Å². The summed E-state index contributed by atoms with van der Waals surface area (Å²) in [5.41, 5.74) is 2.76. The van der Waals surface area contributed by atoms with E-state index >= 15 is 0 Å². The van der Waals surface area contributed by atoms with Gasteiger partial charge in [0.1, 0.15) is 0 Å². The average molecular weight is 307 g/mol. The van der Waals surface area contributed by atoms with Gasteiger partial charge in [0.05, 0.1) is 5.54 Å². The van der Waals surface area contributed by atoms with Gasteiger partial charge in [-0.3, -0.25) is 14.1 Å². The Morgan fingerprint density at radius 2 is 1.71 bits per heavy atom. The molecule has 6 heteroatoms. The molecule has 0 aliphatic carbocycles. The summed E-state index contributed by atoms with van der Waals surface area (Å²) in [6.45, 7) is 4.38. The van der Waals surface area contributed by atoms with Gasteiger partial charge in [-0.1, -0.05) is 36.4 Å². The molecule has 3 rings (SSSR count). The summed E-state index contributed by atoms with van der Waals surface area (Å²) in [6.07, 6.45) is 3.05. The summed E-state index contributed by atoms with van der Waals surface area (Å²) in [7, 11) is -4.67. The highest BCUT2D eigenvalue weighted by molar-refractivity contribution is 7.79. The van der Waals surface area contributed by atoms with Crippen LogP contribution in [0.5, 0.6) is 0 Å². The molecule has 1 heterocycles. The number of benzene rings is 2. The maximum Gasteiger partial charge on any atom is 0.394 e. The largest absolute Gasteiger partial charge is 0.394 e. The normalized spacial score (nSPS) is 16.0. The summed E-state index contributed by atoms with van der Waals surface area (Å²) < 4.78 is 31.6. The van der Waals surface area contributed by atoms with Crippen molar-refractivity contribution in [2.24, 2.45) is 4.99 Å². The van der Waals surface area contributed by atoms with Crippen molar-refractivity contribution < 1.29 is 17.5 Å². The van der Waals surface area contributed by atoms with E-state index in [4.69, 9.17) is 17.5 Å². The van der Waals surface area contributed by atoms with Crippen LogP contribution in [0.2, 0.25) is 0 Å². The monoisotopic (exact) mass is 307 g/mol. The first kappa shape index (κ1) is 15.6. The van der Waals surface area contributed by atoms with Crippen molar-refractivity contribution in [2.45, 2.75) is 25.8 Å². The van der Waals surface area contributed by atoms with Gasteiger partial charge >= 0.3 is 10.4 Å². The van der Waals surface area contributed by atoms with Crippen LogP contribution in [0.1, 0.15) is 25.0 Å². The van der Waals surface area contributed by atoms with Crippen LogP contribution < -0.4 is 0 Å². The van der Waals surface area contributed by atoms with Gasteiger partial charge in [-0.15, -0.1) is 0 Å². The molecular formula is C15H17NO4S. The lowest BCUT2D eigenvalue weighted by Crippen LogP contribution is -2.25. The molecule has 2 N–H and O–H groups in total. The maximum absolute atomic E-state index is 8.74. The molecule has 112 valence electrons. The Kier molecular flexibility index (Phi) is 4.13. The SMILES string of the molecule is CC1(C)Cc2c(ccc3ccccc23)C=N1.O=S(=O)(O)O. The number of hydrogen-bond acceptors (Lipinski definition) is 3. The Morgan fingerprint density at radius 3 is 2.38 bits per heavy atom. The quantitative estimate of drug-likeness (QED) is 0.733. The summed E-state index contributed by atoms with van der Waals surface area (Å²) in [5, 5.41) is 2.70. The predicted octanol–water partition coefficient (Wildman–Crippen LogP) is 2.94. The van der Waals surface area contributed by atoms with Gasteiger partial charge in [0.15, 0.2) is 0 Å². The number of nitrogens with zero attached hydrogens (tertiary/aromatic N) is 1. The second kappa shape index (κ2) is 5.55.